The third kappa shape index (κ3) is 1.94. The molecule has 0 aromatic rings. The maximum Gasteiger partial charge on any atom is 0.313 e. The number of aliphatic carboxylic acids is 1. The molecule has 4 heteroatoms. The van der Waals surface area contributed by atoms with Gasteiger partial charge in [-0.2, -0.15) is 0 Å². The highest BCUT2D eigenvalue weighted by Gasteiger charge is 2.35. The molecule has 2 atom stereocenters. The Balaban J connectivity index is 0.000001000. The average Bonchev–Trinajstić information content (AvgIpc) is 2.13. The second kappa shape index (κ2) is 3.24. The van der Waals surface area contributed by atoms with Crippen LogP contribution in [-0.2, 0) is 4.79 Å². The van der Waals surface area contributed by atoms with Crippen molar-refractivity contribution < 1.29 is 9.90 Å². The van der Waals surface area contributed by atoms with Crippen molar-refractivity contribution in [2.45, 2.75) is 19.4 Å². The molecule has 1 rings (SSSR count). The molecule has 0 heterocycles. The molecule has 0 radical (unpaired) electrons. The van der Waals surface area contributed by atoms with Gasteiger partial charge in [-0.3, -0.25) is 4.79 Å². The fraction of sp³-hybridized carbons (Fsp3) is 0.571. The Hall–Kier alpha value is -0.540. The molecule has 0 aromatic carbocycles. The molecule has 3 N–H and O–H groups in total. The average molecular weight is 178 g/mol. The zero-order valence-electron chi connectivity index (χ0n) is 6.28. The number of nitrogens with two attached hydrogens (primary N) is 1. The minimum Gasteiger partial charge on any atom is -0.481 e. The minimum absolute atomic E-state index is 0. The van der Waals surface area contributed by atoms with E-state index in [-0.39, 0.29) is 18.4 Å². The van der Waals surface area contributed by atoms with E-state index in [1.54, 1.807) is 19.1 Å². The number of hydrogen-bond donors (Lipinski definition) is 2. The normalized spacial score (nSPS) is 34.9. The van der Waals surface area contributed by atoms with Crippen molar-refractivity contribution >= 4 is 18.4 Å². The van der Waals surface area contributed by atoms with Gasteiger partial charge in [0, 0.05) is 6.04 Å². The summed E-state index contributed by atoms with van der Waals surface area (Å²) in [6.45, 7) is 1.68. The largest absolute Gasteiger partial charge is 0.481 e. The minimum atomic E-state index is -0.795. The SMILES string of the molecule is C[C@@]1(C(=O)O)C=C[C@H](N)C1.Cl. The second-order valence-electron chi connectivity index (χ2n) is 2.95. The molecule has 3 nitrogen and oxygen atoms in total. The fourth-order valence-electron chi connectivity index (χ4n) is 1.12. The Kier molecular flexibility index (Phi) is 3.08. The van der Waals surface area contributed by atoms with Crippen LogP contribution in [0.5, 0.6) is 0 Å². The maximum atomic E-state index is 10.6. The number of halogens is 1. The summed E-state index contributed by atoms with van der Waals surface area (Å²) in [6, 6.07) is -0.0823. The molecule has 11 heavy (non-hydrogen) atoms. The van der Waals surface area contributed by atoms with Crippen molar-refractivity contribution in [2.75, 3.05) is 0 Å². The molecule has 0 saturated heterocycles. The quantitative estimate of drug-likeness (QED) is 0.582. The van der Waals surface area contributed by atoms with E-state index >= 15 is 0 Å². The zero-order chi connectivity index (χ0) is 7.78. The van der Waals surface area contributed by atoms with Crippen molar-refractivity contribution in [3.63, 3.8) is 0 Å². The van der Waals surface area contributed by atoms with Crippen LogP contribution in [0.3, 0.4) is 0 Å². The van der Waals surface area contributed by atoms with Crippen molar-refractivity contribution in [2.24, 2.45) is 11.1 Å². The van der Waals surface area contributed by atoms with Crippen LogP contribution < -0.4 is 5.73 Å². The fourth-order valence-corrected chi connectivity index (χ4v) is 1.12. The lowest BCUT2D eigenvalue weighted by Crippen LogP contribution is -2.27. The lowest BCUT2D eigenvalue weighted by Gasteiger charge is -2.15. The maximum absolute atomic E-state index is 10.6. The van der Waals surface area contributed by atoms with Gasteiger partial charge in [0.05, 0.1) is 5.41 Å². The second-order valence-corrected chi connectivity index (χ2v) is 2.95. The molecule has 1 aliphatic carbocycles. The Morgan fingerprint density at radius 1 is 1.82 bits per heavy atom. The van der Waals surface area contributed by atoms with Crippen LogP contribution in [0.4, 0.5) is 0 Å². The van der Waals surface area contributed by atoms with Crippen molar-refractivity contribution in [3.8, 4) is 0 Å². The molecule has 1 aliphatic rings. The summed E-state index contributed by atoms with van der Waals surface area (Å²) in [5, 5.41) is 8.68. The predicted molar refractivity (Wildman–Crippen MR) is 44.7 cm³/mol. The summed E-state index contributed by atoms with van der Waals surface area (Å²) in [7, 11) is 0. The van der Waals surface area contributed by atoms with E-state index < -0.39 is 11.4 Å². The highest BCUT2D eigenvalue weighted by atomic mass is 35.5. The van der Waals surface area contributed by atoms with Gasteiger partial charge in [0.25, 0.3) is 0 Å². The number of carboxylic acid groups (broad SMARTS) is 1. The van der Waals surface area contributed by atoms with Gasteiger partial charge >= 0.3 is 5.97 Å². The predicted octanol–water partition coefficient (Wildman–Crippen LogP) is 0.786. The summed E-state index contributed by atoms with van der Waals surface area (Å²) < 4.78 is 0. The highest BCUT2D eigenvalue weighted by Crippen LogP contribution is 2.30. The summed E-state index contributed by atoms with van der Waals surface area (Å²) in [5.74, 6) is -0.795. The molecule has 0 spiro atoms. The summed E-state index contributed by atoms with van der Waals surface area (Å²) in [6.07, 6.45) is 3.93. The smallest absolute Gasteiger partial charge is 0.313 e. The lowest BCUT2D eigenvalue weighted by molar-refractivity contribution is -0.145. The number of carboxylic acids is 1. The Morgan fingerprint density at radius 2 is 2.36 bits per heavy atom. The number of carbonyl (C=O) groups is 1. The van der Waals surface area contributed by atoms with Crippen molar-refractivity contribution in [1.29, 1.82) is 0 Å². The molecular formula is C7H12ClNO2. The molecule has 0 aromatic heterocycles. The third-order valence-corrected chi connectivity index (χ3v) is 1.86. The summed E-state index contributed by atoms with van der Waals surface area (Å²) in [5.41, 5.74) is 4.78. The molecule has 0 saturated carbocycles. The Bertz CT molecular complexity index is 193. The van der Waals surface area contributed by atoms with E-state index in [0.29, 0.717) is 6.42 Å². The first-order chi connectivity index (χ1) is 4.54. The van der Waals surface area contributed by atoms with Crippen LogP contribution in [0.1, 0.15) is 13.3 Å². The van der Waals surface area contributed by atoms with Gasteiger partial charge < -0.3 is 10.8 Å². The van der Waals surface area contributed by atoms with Gasteiger partial charge in [-0.1, -0.05) is 12.2 Å². The first kappa shape index (κ1) is 10.5. The summed E-state index contributed by atoms with van der Waals surface area (Å²) >= 11 is 0. The van der Waals surface area contributed by atoms with Gasteiger partial charge in [-0.25, -0.2) is 0 Å². The van der Waals surface area contributed by atoms with Gasteiger partial charge in [-0.15, -0.1) is 12.4 Å². The van der Waals surface area contributed by atoms with Gasteiger partial charge in [-0.05, 0) is 13.3 Å². The molecule has 0 amide bonds. The van der Waals surface area contributed by atoms with Crippen LogP contribution in [0, 0.1) is 5.41 Å². The van der Waals surface area contributed by atoms with E-state index in [1.165, 1.54) is 0 Å². The van der Waals surface area contributed by atoms with Crippen molar-refractivity contribution in [3.05, 3.63) is 12.2 Å². The lowest BCUT2D eigenvalue weighted by atomic mass is 9.90. The van der Waals surface area contributed by atoms with Crippen LogP contribution in [0.2, 0.25) is 0 Å². The molecule has 64 valence electrons. The van der Waals surface area contributed by atoms with Crippen molar-refractivity contribution in [1.82, 2.24) is 0 Å². The van der Waals surface area contributed by atoms with Crippen LogP contribution >= 0.6 is 12.4 Å². The topological polar surface area (TPSA) is 63.3 Å². The molecule has 0 bridgehead atoms. The van der Waals surface area contributed by atoms with E-state index in [9.17, 15) is 4.79 Å². The molecule has 0 unspecified atom stereocenters. The Morgan fingerprint density at radius 3 is 2.55 bits per heavy atom. The van der Waals surface area contributed by atoms with Crippen LogP contribution in [0.15, 0.2) is 12.2 Å². The zero-order valence-corrected chi connectivity index (χ0v) is 7.10. The Labute approximate surface area is 71.7 Å². The van der Waals surface area contributed by atoms with Crippen LogP contribution in [-0.4, -0.2) is 17.1 Å². The van der Waals surface area contributed by atoms with E-state index in [0.717, 1.165) is 0 Å². The molecule has 0 fully saturated rings. The summed E-state index contributed by atoms with van der Waals surface area (Å²) in [4.78, 5) is 10.6. The molecule has 0 aliphatic heterocycles. The standard InChI is InChI=1S/C7H11NO2.ClH/c1-7(6(9)10)3-2-5(8)4-7;/h2-3,5H,4,8H2,1H3,(H,9,10);1H/t5-,7+;/m0./s1. The van der Waals surface area contributed by atoms with E-state index in [2.05, 4.69) is 0 Å². The van der Waals surface area contributed by atoms with E-state index in [1.807, 2.05) is 0 Å². The first-order valence-corrected chi connectivity index (χ1v) is 3.23. The molecular weight excluding hydrogens is 166 g/mol. The van der Waals surface area contributed by atoms with E-state index in [4.69, 9.17) is 10.8 Å². The number of hydrogen-bond acceptors (Lipinski definition) is 2. The first-order valence-electron chi connectivity index (χ1n) is 3.23. The van der Waals surface area contributed by atoms with Crippen LogP contribution in [0.25, 0.3) is 0 Å². The third-order valence-electron chi connectivity index (χ3n) is 1.86. The van der Waals surface area contributed by atoms with Gasteiger partial charge in [0.15, 0.2) is 0 Å². The highest BCUT2D eigenvalue weighted by molar-refractivity contribution is 5.85. The monoisotopic (exact) mass is 177 g/mol. The van der Waals surface area contributed by atoms with Gasteiger partial charge in [0.1, 0.15) is 0 Å². The van der Waals surface area contributed by atoms with Gasteiger partial charge in [0.2, 0.25) is 0 Å². The number of rotatable bonds is 1.